The van der Waals surface area contributed by atoms with E-state index in [2.05, 4.69) is 20.9 Å². The van der Waals surface area contributed by atoms with Gasteiger partial charge in [-0.1, -0.05) is 27.5 Å². The van der Waals surface area contributed by atoms with Gasteiger partial charge in [-0.05, 0) is 24.6 Å². The van der Waals surface area contributed by atoms with Gasteiger partial charge in [0, 0.05) is 9.86 Å². The number of rotatable bonds is 1. The summed E-state index contributed by atoms with van der Waals surface area (Å²) >= 11 is 9.30. The maximum atomic E-state index is 12.9. The lowest BCUT2D eigenvalue weighted by atomic mass is 10.1. The molecule has 1 aromatic carbocycles. The molecule has 2 nitrogen and oxygen atoms in total. The van der Waals surface area contributed by atoms with Crippen LogP contribution < -0.4 is 4.74 Å². The van der Waals surface area contributed by atoms with Crippen molar-refractivity contribution in [3.63, 3.8) is 0 Å². The predicted octanol–water partition coefficient (Wildman–Crippen LogP) is 4.99. The second-order valence-corrected chi connectivity index (χ2v) is 5.10. The zero-order chi connectivity index (χ0) is 14.4. The molecule has 2 aromatic rings. The van der Waals surface area contributed by atoms with Gasteiger partial charge in [0.2, 0.25) is 0 Å². The molecule has 7 heteroatoms. The average Bonchev–Trinajstić information content (AvgIpc) is 2.32. The largest absolute Gasteiger partial charge is 0.494 e. The minimum atomic E-state index is -4.56. The number of halogens is 5. The SMILES string of the molecule is COc1ccc(Br)c2c(Cl)c(C)c(C(F)(F)F)nc12. The Labute approximate surface area is 120 Å². The van der Waals surface area contributed by atoms with Gasteiger partial charge in [-0.15, -0.1) is 0 Å². The first kappa shape index (κ1) is 14.4. The Balaban J connectivity index is 2.96. The molecule has 0 unspecified atom stereocenters. The second kappa shape index (κ2) is 4.83. The topological polar surface area (TPSA) is 22.1 Å². The van der Waals surface area contributed by atoms with Crippen molar-refractivity contribution in [2.45, 2.75) is 13.1 Å². The number of benzene rings is 1. The molecule has 2 rings (SSSR count). The monoisotopic (exact) mass is 353 g/mol. The minimum Gasteiger partial charge on any atom is -0.494 e. The quantitative estimate of drug-likeness (QED) is 0.720. The van der Waals surface area contributed by atoms with Crippen LogP contribution in [0, 0.1) is 6.92 Å². The van der Waals surface area contributed by atoms with E-state index < -0.39 is 11.9 Å². The average molecular weight is 355 g/mol. The molecule has 0 bridgehead atoms. The Morgan fingerprint density at radius 3 is 2.47 bits per heavy atom. The Kier molecular flexibility index (Phi) is 3.66. The van der Waals surface area contributed by atoms with Gasteiger partial charge in [0.1, 0.15) is 17.0 Å². The first-order valence-electron chi connectivity index (χ1n) is 5.17. The molecule has 0 atom stereocenters. The summed E-state index contributed by atoms with van der Waals surface area (Å²) in [7, 11) is 1.37. The second-order valence-electron chi connectivity index (χ2n) is 3.87. The summed E-state index contributed by atoms with van der Waals surface area (Å²) in [6, 6.07) is 3.19. The molecule has 0 saturated heterocycles. The van der Waals surface area contributed by atoms with Crippen molar-refractivity contribution in [3.05, 3.63) is 32.9 Å². The zero-order valence-electron chi connectivity index (χ0n) is 9.90. The van der Waals surface area contributed by atoms with E-state index in [0.29, 0.717) is 9.86 Å². The molecule has 0 amide bonds. The highest BCUT2D eigenvalue weighted by Gasteiger charge is 2.36. The number of hydrogen-bond donors (Lipinski definition) is 0. The molecule has 1 heterocycles. The van der Waals surface area contributed by atoms with Crippen molar-refractivity contribution in [1.29, 1.82) is 0 Å². The molecule has 0 aliphatic heterocycles. The lowest BCUT2D eigenvalue weighted by Crippen LogP contribution is -2.11. The van der Waals surface area contributed by atoms with E-state index in [1.165, 1.54) is 20.1 Å². The van der Waals surface area contributed by atoms with Gasteiger partial charge in [0.05, 0.1) is 12.1 Å². The fourth-order valence-corrected chi connectivity index (χ4v) is 2.71. The Bertz CT molecular complexity index is 658. The molecule has 0 spiro atoms. The maximum Gasteiger partial charge on any atom is 0.433 e. The number of pyridine rings is 1. The van der Waals surface area contributed by atoms with Gasteiger partial charge < -0.3 is 4.74 Å². The molecule has 0 aliphatic carbocycles. The van der Waals surface area contributed by atoms with Crippen LogP contribution in [-0.2, 0) is 6.18 Å². The standard InChI is InChI=1S/C12H8BrClF3NO/c1-5-9(14)8-6(13)3-4-7(19-2)10(8)18-11(5)12(15,16)17/h3-4H,1-2H3. The van der Waals surface area contributed by atoms with Crippen molar-refractivity contribution in [2.75, 3.05) is 7.11 Å². The van der Waals surface area contributed by atoms with Gasteiger partial charge >= 0.3 is 6.18 Å². The summed E-state index contributed by atoms with van der Waals surface area (Å²) in [5.74, 6) is 0.241. The Morgan fingerprint density at radius 2 is 1.95 bits per heavy atom. The van der Waals surface area contributed by atoms with Crippen LogP contribution >= 0.6 is 27.5 Å². The zero-order valence-corrected chi connectivity index (χ0v) is 12.2. The van der Waals surface area contributed by atoms with Crippen LogP contribution in [0.1, 0.15) is 11.3 Å². The highest BCUT2D eigenvalue weighted by atomic mass is 79.9. The van der Waals surface area contributed by atoms with Crippen LogP contribution in [0.5, 0.6) is 5.75 Å². The van der Waals surface area contributed by atoms with Crippen molar-refractivity contribution in [1.82, 2.24) is 4.98 Å². The summed E-state index contributed by atoms with van der Waals surface area (Å²) in [5.41, 5.74) is -1.02. The summed E-state index contributed by atoms with van der Waals surface area (Å²) in [6.07, 6.45) is -4.56. The van der Waals surface area contributed by atoms with E-state index in [1.807, 2.05) is 0 Å². The first-order chi connectivity index (χ1) is 8.77. The van der Waals surface area contributed by atoms with Crippen molar-refractivity contribution >= 4 is 38.4 Å². The van der Waals surface area contributed by atoms with Gasteiger partial charge in [0.25, 0.3) is 0 Å². The Morgan fingerprint density at radius 1 is 1.32 bits per heavy atom. The van der Waals surface area contributed by atoms with E-state index in [0.717, 1.165) is 0 Å². The van der Waals surface area contributed by atoms with Gasteiger partial charge in [0.15, 0.2) is 0 Å². The van der Waals surface area contributed by atoms with Gasteiger partial charge in [-0.3, -0.25) is 0 Å². The number of methoxy groups -OCH3 is 1. The van der Waals surface area contributed by atoms with E-state index >= 15 is 0 Å². The smallest absolute Gasteiger partial charge is 0.433 e. The van der Waals surface area contributed by atoms with E-state index in [-0.39, 0.29) is 21.9 Å². The summed E-state index contributed by atoms with van der Waals surface area (Å²) in [5, 5.41) is 0.426. The van der Waals surface area contributed by atoms with E-state index in [9.17, 15) is 13.2 Å². The highest BCUT2D eigenvalue weighted by molar-refractivity contribution is 9.10. The molecular formula is C12H8BrClF3NO. The third kappa shape index (κ3) is 2.39. The predicted molar refractivity (Wildman–Crippen MR) is 70.7 cm³/mol. The molecule has 0 radical (unpaired) electrons. The molecule has 19 heavy (non-hydrogen) atoms. The fourth-order valence-electron chi connectivity index (χ4n) is 1.80. The molecular weight excluding hydrogens is 346 g/mol. The number of aromatic nitrogens is 1. The van der Waals surface area contributed by atoms with Gasteiger partial charge in [-0.2, -0.15) is 13.2 Å². The van der Waals surface area contributed by atoms with Crippen molar-refractivity contribution in [2.24, 2.45) is 0 Å². The molecule has 0 N–H and O–H groups in total. The summed E-state index contributed by atoms with van der Waals surface area (Å²) in [4.78, 5) is 3.67. The molecule has 0 aliphatic rings. The lowest BCUT2D eigenvalue weighted by Gasteiger charge is -2.15. The van der Waals surface area contributed by atoms with Crippen LogP contribution in [0.3, 0.4) is 0 Å². The van der Waals surface area contributed by atoms with Crippen molar-refractivity contribution < 1.29 is 17.9 Å². The minimum absolute atomic E-state index is 0.0168. The van der Waals surface area contributed by atoms with Crippen LogP contribution in [0.25, 0.3) is 10.9 Å². The molecule has 102 valence electrons. The van der Waals surface area contributed by atoms with Gasteiger partial charge in [-0.25, -0.2) is 4.98 Å². The van der Waals surface area contributed by atoms with E-state index in [1.54, 1.807) is 6.07 Å². The number of nitrogens with zero attached hydrogens (tertiary/aromatic N) is 1. The third-order valence-corrected chi connectivity index (χ3v) is 3.84. The van der Waals surface area contributed by atoms with Crippen molar-refractivity contribution in [3.8, 4) is 5.75 Å². The first-order valence-corrected chi connectivity index (χ1v) is 6.34. The van der Waals surface area contributed by atoms with Crippen LogP contribution in [0.15, 0.2) is 16.6 Å². The number of hydrogen-bond acceptors (Lipinski definition) is 2. The molecule has 0 fully saturated rings. The fraction of sp³-hybridized carbons (Fsp3) is 0.250. The number of ether oxygens (including phenoxy) is 1. The summed E-state index contributed by atoms with van der Waals surface area (Å²) < 4.78 is 44.4. The highest BCUT2D eigenvalue weighted by Crippen LogP contribution is 2.41. The van der Waals surface area contributed by atoms with E-state index in [4.69, 9.17) is 16.3 Å². The number of fused-ring (bicyclic) bond motifs is 1. The lowest BCUT2D eigenvalue weighted by molar-refractivity contribution is -0.141. The van der Waals surface area contributed by atoms with Crippen LogP contribution in [0.2, 0.25) is 5.02 Å². The summed E-state index contributed by atoms with van der Waals surface area (Å²) in [6.45, 7) is 1.30. The molecule has 0 saturated carbocycles. The van der Waals surface area contributed by atoms with Crippen LogP contribution in [0.4, 0.5) is 13.2 Å². The van der Waals surface area contributed by atoms with Crippen LogP contribution in [-0.4, -0.2) is 12.1 Å². The normalized spacial score (nSPS) is 11.9. The Hall–Kier alpha value is -1.01. The molecule has 1 aromatic heterocycles. The maximum absolute atomic E-state index is 12.9. The third-order valence-electron chi connectivity index (χ3n) is 2.71. The number of alkyl halides is 3.